The van der Waals surface area contributed by atoms with Crippen LogP contribution in [0.4, 0.5) is 17.1 Å². The lowest BCUT2D eigenvalue weighted by Crippen LogP contribution is -2.11. The summed E-state index contributed by atoms with van der Waals surface area (Å²) < 4.78 is 6.53. The lowest BCUT2D eigenvalue weighted by molar-refractivity contribution is 0.672. The fraction of sp³-hybridized carbons (Fsp3) is 0. The molecule has 0 fully saturated rings. The molecule has 0 unspecified atom stereocenters. The molecule has 262 valence electrons. The highest BCUT2D eigenvalue weighted by Gasteiger charge is 2.20. The molecule has 11 rings (SSSR count). The number of anilines is 3. The summed E-state index contributed by atoms with van der Waals surface area (Å²) in [7, 11) is 0. The van der Waals surface area contributed by atoms with E-state index in [1.165, 1.54) is 49.2 Å². The lowest BCUT2D eigenvalue weighted by atomic mass is 9.96. The molecule has 0 aliphatic rings. The van der Waals surface area contributed by atoms with Crippen molar-refractivity contribution in [1.29, 1.82) is 0 Å². The molecule has 0 amide bonds. The van der Waals surface area contributed by atoms with Gasteiger partial charge in [-0.25, -0.2) is 0 Å². The Labute approximate surface area is 325 Å². The number of furan rings is 1. The Morgan fingerprint density at radius 2 is 0.875 bits per heavy atom. The average molecular weight is 714 g/mol. The number of hydrogen-bond acceptors (Lipinski definition) is 2. The van der Waals surface area contributed by atoms with Crippen molar-refractivity contribution in [2.75, 3.05) is 4.90 Å². The zero-order valence-corrected chi connectivity index (χ0v) is 30.6. The second kappa shape index (κ2) is 13.2. The van der Waals surface area contributed by atoms with Gasteiger partial charge < -0.3 is 9.32 Å². The summed E-state index contributed by atoms with van der Waals surface area (Å²) in [6, 6.07) is 76.6. The van der Waals surface area contributed by atoms with Crippen LogP contribution in [0, 0.1) is 0 Å². The maximum atomic E-state index is 6.53. The second-order valence-electron chi connectivity index (χ2n) is 14.5. The third-order valence-electron chi connectivity index (χ3n) is 11.2. The first kappa shape index (κ1) is 32.0. The molecule has 0 aliphatic carbocycles. The van der Waals surface area contributed by atoms with E-state index < -0.39 is 0 Å². The number of hydrogen-bond donors (Lipinski definition) is 0. The second-order valence-corrected chi connectivity index (χ2v) is 14.5. The number of nitrogens with zero attached hydrogens (tertiary/aromatic N) is 1. The van der Waals surface area contributed by atoms with Crippen LogP contribution in [0.1, 0.15) is 0 Å². The van der Waals surface area contributed by atoms with Gasteiger partial charge in [-0.1, -0.05) is 158 Å². The van der Waals surface area contributed by atoms with Gasteiger partial charge in [-0.15, -0.1) is 0 Å². The van der Waals surface area contributed by atoms with Gasteiger partial charge in [-0.05, 0) is 109 Å². The summed E-state index contributed by atoms with van der Waals surface area (Å²) in [6.07, 6.45) is 0. The molecule has 2 nitrogen and oxygen atoms in total. The molecule has 0 saturated heterocycles. The van der Waals surface area contributed by atoms with Crippen molar-refractivity contribution in [2.24, 2.45) is 0 Å². The van der Waals surface area contributed by atoms with E-state index in [0.717, 1.165) is 55.5 Å². The van der Waals surface area contributed by atoms with Crippen LogP contribution in [0.25, 0.3) is 87.6 Å². The van der Waals surface area contributed by atoms with Gasteiger partial charge in [0.1, 0.15) is 11.2 Å². The van der Waals surface area contributed by atoms with E-state index in [9.17, 15) is 0 Å². The molecule has 0 atom stereocenters. The van der Waals surface area contributed by atoms with Gasteiger partial charge in [-0.3, -0.25) is 0 Å². The highest BCUT2D eigenvalue weighted by Crippen LogP contribution is 2.45. The van der Waals surface area contributed by atoms with Crippen LogP contribution >= 0.6 is 0 Å². The summed E-state index contributed by atoms with van der Waals surface area (Å²) in [5.41, 5.74) is 12.1. The normalized spacial score (nSPS) is 11.6. The molecule has 56 heavy (non-hydrogen) atoms. The third-order valence-corrected chi connectivity index (χ3v) is 11.2. The van der Waals surface area contributed by atoms with Crippen LogP contribution in [0.5, 0.6) is 0 Å². The minimum Gasteiger partial charge on any atom is -0.455 e. The highest BCUT2D eigenvalue weighted by atomic mass is 16.3. The minimum atomic E-state index is 0.889. The van der Waals surface area contributed by atoms with E-state index in [1.807, 2.05) is 0 Å². The minimum absolute atomic E-state index is 0.889. The maximum Gasteiger partial charge on any atom is 0.143 e. The number of para-hydroxylation sites is 1. The molecule has 0 saturated carbocycles. The SMILES string of the molecule is c1cc(-c2ccc3ccccc3c2)cc(N(c2cccc(-c3cccc4ccccc34)c2)c2ccccc2-c2ccc3oc4c5ccccc5ccc4c3c2)c1. The van der Waals surface area contributed by atoms with E-state index in [2.05, 4.69) is 217 Å². The molecule has 1 heterocycles. The molecule has 2 heteroatoms. The van der Waals surface area contributed by atoms with Crippen LogP contribution in [-0.4, -0.2) is 0 Å². The van der Waals surface area contributed by atoms with Gasteiger partial charge in [0.15, 0.2) is 0 Å². The molecule has 0 radical (unpaired) electrons. The van der Waals surface area contributed by atoms with Crippen molar-refractivity contribution in [3.05, 3.63) is 212 Å². The molecule has 1 aromatic heterocycles. The number of fused-ring (bicyclic) bond motifs is 7. The fourth-order valence-corrected chi connectivity index (χ4v) is 8.50. The Morgan fingerprint density at radius 3 is 1.73 bits per heavy atom. The molecule has 0 spiro atoms. The van der Waals surface area contributed by atoms with Gasteiger partial charge in [-0.2, -0.15) is 0 Å². The van der Waals surface area contributed by atoms with Crippen LogP contribution in [0.15, 0.2) is 217 Å². The van der Waals surface area contributed by atoms with Crippen LogP contribution < -0.4 is 4.90 Å². The number of benzene rings is 10. The van der Waals surface area contributed by atoms with Crippen molar-refractivity contribution >= 4 is 71.3 Å². The van der Waals surface area contributed by atoms with Crippen LogP contribution in [-0.2, 0) is 0 Å². The van der Waals surface area contributed by atoms with Gasteiger partial charge >= 0.3 is 0 Å². The lowest BCUT2D eigenvalue weighted by Gasteiger charge is -2.29. The van der Waals surface area contributed by atoms with Gasteiger partial charge in [0.25, 0.3) is 0 Å². The quantitative estimate of drug-likeness (QED) is 0.171. The first-order chi connectivity index (χ1) is 27.7. The van der Waals surface area contributed by atoms with Crippen molar-refractivity contribution in [1.82, 2.24) is 0 Å². The number of rotatable bonds is 6. The predicted octanol–water partition coefficient (Wildman–Crippen LogP) is 15.5. The molecule has 0 bridgehead atoms. The standard InChI is InChI=1S/C54H35NO/c1-2-15-39-32-41(27-26-36(39)12-1)40-17-9-19-44(33-40)55(45-20-10-18-42(34-45)47-24-11-16-37-13-3-5-21-46(37)47)52-25-8-7-22-48(52)43-29-31-53-51(35-43)50-30-28-38-14-4-6-23-49(38)54(50)56-53/h1-35H. The van der Waals surface area contributed by atoms with E-state index in [1.54, 1.807) is 0 Å². The summed E-state index contributed by atoms with van der Waals surface area (Å²) in [6.45, 7) is 0. The Kier molecular flexibility index (Phi) is 7.53. The molecule has 11 aromatic rings. The molecular weight excluding hydrogens is 679 g/mol. The zero-order valence-electron chi connectivity index (χ0n) is 30.6. The maximum absolute atomic E-state index is 6.53. The van der Waals surface area contributed by atoms with Crippen molar-refractivity contribution in [2.45, 2.75) is 0 Å². The van der Waals surface area contributed by atoms with E-state index >= 15 is 0 Å². The van der Waals surface area contributed by atoms with Gasteiger partial charge in [0.2, 0.25) is 0 Å². The monoisotopic (exact) mass is 713 g/mol. The van der Waals surface area contributed by atoms with Gasteiger partial charge in [0, 0.05) is 33.1 Å². The summed E-state index contributed by atoms with van der Waals surface area (Å²) in [5, 5.41) is 9.49. The van der Waals surface area contributed by atoms with Crippen molar-refractivity contribution in [3.63, 3.8) is 0 Å². The summed E-state index contributed by atoms with van der Waals surface area (Å²) in [4.78, 5) is 2.42. The first-order valence-corrected chi connectivity index (χ1v) is 19.2. The molecule has 0 aliphatic heterocycles. The van der Waals surface area contributed by atoms with Crippen molar-refractivity contribution < 1.29 is 4.42 Å². The summed E-state index contributed by atoms with van der Waals surface area (Å²) in [5.74, 6) is 0. The summed E-state index contributed by atoms with van der Waals surface area (Å²) >= 11 is 0. The first-order valence-electron chi connectivity index (χ1n) is 19.2. The molecule has 0 N–H and O–H groups in total. The predicted molar refractivity (Wildman–Crippen MR) is 237 cm³/mol. The highest BCUT2D eigenvalue weighted by molar-refractivity contribution is 6.15. The topological polar surface area (TPSA) is 16.4 Å². The Bertz CT molecular complexity index is 3270. The zero-order chi connectivity index (χ0) is 37.0. The van der Waals surface area contributed by atoms with Crippen LogP contribution in [0.2, 0.25) is 0 Å². The van der Waals surface area contributed by atoms with Gasteiger partial charge in [0.05, 0.1) is 5.69 Å². The molecular formula is C54H35NO. The Balaban J connectivity index is 1.11. The van der Waals surface area contributed by atoms with E-state index in [0.29, 0.717) is 0 Å². The average Bonchev–Trinajstić information content (AvgIpc) is 3.65. The van der Waals surface area contributed by atoms with E-state index in [-0.39, 0.29) is 0 Å². The fourth-order valence-electron chi connectivity index (χ4n) is 8.50. The Morgan fingerprint density at radius 1 is 0.304 bits per heavy atom. The van der Waals surface area contributed by atoms with E-state index in [4.69, 9.17) is 4.42 Å². The smallest absolute Gasteiger partial charge is 0.143 e. The Hall–Kier alpha value is -7.42. The molecule has 10 aromatic carbocycles. The largest absolute Gasteiger partial charge is 0.455 e. The van der Waals surface area contributed by atoms with Crippen molar-refractivity contribution in [3.8, 4) is 33.4 Å². The van der Waals surface area contributed by atoms with Crippen LogP contribution in [0.3, 0.4) is 0 Å². The third kappa shape index (κ3) is 5.42.